The van der Waals surface area contributed by atoms with Crippen LogP contribution in [0.1, 0.15) is 21.7 Å². The highest BCUT2D eigenvalue weighted by Crippen LogP contribution is 2.30. The van der Waals surface area contributed by atoms with Gasteiger partial charge in [-0.05, 0) is 19.1 Å². The number of halogens is 4. The summed E-state index contributed by atoms with van der Waals surface area (Å²) in [7, 11) is 0. The van der Waals surface area contributed by atoms with Gasteiger partial charge in [-0.25, -0.2) is 9.37 Å². The Morgan fingerprint density at radius 1 is 1.21 bits per heavy atom. The van der Waals surface area contributed by atoms with Crippen LogP contribution in [0.2, 0.25) is 0 Å². The lowest BCUT2D eigenvalue weighted by Gasteiger charge is -2.42. The summed E-state index contributed by atoms with van der Waals surface area (Å²) >= 11 is 0. The van der Waals surface area contributed by atoms with Gasteiger partial charge in [-0.1, -0.05) is 12.1 Å². The minimum Gasteiger partial charge on any atom is -0.324 e. The molecule has 0 radical (unpaired) electrons. The van der Waals surface area contributed by atoms with Crippen LogP contribution in [0.3, 0.4) is 0 Å². The van der Waals surface area contributed by atoms with Crippen molar-refractivity contribution in [1.82, 2.24) is 30.0 Å². The Bertz CT molecular complexity index is 1130. The number of carbonyl (C=O) groups is 1. The number of benzene rings is 1. The molecule has 0 saturated carbocycles. The van der Waals surface area contributed by atoms with Crippen molar-refractivity contribution in [2.45, 2.75) is 25.7 Å². The van der Waals surface area contributed by atoms with Crippen molar-refractivity contribution in [2.75, 3.05) is 25.0 Å². The maximum Gasteiger partial charge on any atom is 0.410 e. The van der Waals surface area contributed by atoms with Crippen LogP contribution in [0.15, 0.2) is 42.7 Å². The number of anilines is 2. The molecule has 1 aliphatic rings. The lowest BCUT2D eigenvalue weighted by atomic mass is 10.1. The van der Waals surface area contributed by atoms with Crippen molar-refractivity contribution in [3.63, 3.8) is 0 Å². The van der Waals surface area contributed by atoms with E-state index in [2.05, 4.69) is 25.5 Å². The van der Waals surface area contributed by atoms with Crippen LogP contribution in [0.5, 0.6) is 0 Å². The summed E-state index contributed by atoms with van der Waals surface area (Å²) in [6.45, 7) is 1.46. The van der Waals surface area contributed by atoms with Gasteiger partial charge in [-0.3, -0.25) is 19.8 Å². The molecule has 3 heterocycles. The normalized spacial score (nSPS) is 17.2. The second-order valence-corrected chi connectivity index (χ2v) is 7.73. The molecule has 1 aromatic carbocycles. The van der Waals surface area contributed by atoms with Crippen LogP contribution in [0, 0.1) is 12.7 Å². The van der Waals surface area contributed by atoms with Gasteiger partial charge in [0.2, 0.25) is 0 Å². The predicted octanol–water partition coefficient (Wildman–Crippen LogP) is 3.28. The van der Waals surface area contributed by atoms with E-state index in [1.54, 1.807) is 11.0 Å². The van der Waals surface area contributed by atoms with Gasteiger partial charge in [0.25, 0.3) is 5.91 Å². The van der Waals surface area contributed by atoms with Gasteiger partial charge in [0.1, 0.15) is 17.7 Å². The highest BCUT2D eigenvalue weighted by atomic mass is 19.4. The van der Waals surface area contributed by atoms with Crippen molar-refractivity contribution in [3.05, 3.63) is 65.5 Å². The van der Waals surface area contributed by atoms with E-state index in [0.717, 1.165) is 11.8 Å². The second kappa shape index (κ2) is 9.14. The third kappa shape index (κ3) is 5.28. The van der Waals surface area contributed by atoms with Gasteiger partial charge in [0.05, 0.1) is 17.5 Å². The van der Waals surface area contributed by atoms with E-state index in [9.17, 15) is 22.4 Å². The number of hydrogen-bond acceptors (Lipinski definition) is 6. The summed E-state index contributed by atoms with van der Waals surface area (Å²) in [5.74, 6) is -0.885. The number of rotatable bonds is 5. The molecular weight excluding hydrogens is 442 g/mol. The van der Waals surface area contributed by atoms with Crippen LogP contribution in [0.4, 0.5) is 29.2 Å². The topological polar surface area (TPSA) is 90.0 Å². The van der Waals surface area contributed by atoms with Crippen molar-refractivity contribution in [2.24, 2.45) is 0 Å². The molecule has 1 aliphatic heterocycles. The zero-order valence-electron chi connectivity index (χ0n) is 17.6. The number of nitrogens with zero attached hydrogens (tertiary/aromatic N) is 5. The zero-order chi connectivity index (χ0) is 23.6. The summed E-state index contributed by atoms with van der Waals surface area (Å²) in [5, 5.41) is 9.81. The Morgan fingerprint density at radius 3 is 2.70 bits per heavy atom. The molecule has 3 aromatic rings. The van der Waals surface area contributed by atoms with E-state index < -0.39 is 30.5 Å². The molecule has 1 fully saturated rings. The fourth-order valence-corrected chi connectivity index (χ4v) is 3.68. The minimum absolute atomic E-state index is 0.108. The largest absolute Gasteiger partial charge is 0.410 e. The Hall–Kier alpha value is -3.54. The SMILES string of the molecule is Cc1cc(Nc2cncc(CN3CCN(C(=O)c4ccccc4F)C(C(F)(F)F)C3)n2)n[nH]1. The number of aryl methyl sites for hydroxylation is 1. The highest BCUT2D eigenvalue weighted by molar-refractivity contribution is 5.94. The van der Waals surface area contributed by atoms with E-state index in [1.807, 2.05) is 6.92 Å². The maximum atomic E-state index is 14.0. The van der Waals surface area contributed by atoms with E-state index in [-0.39, 0.29) is 25.2 Å². The number of aromatic nitrogens is 4. The molecule has 4 rings (SSSR count). The Labute approximate surface area is 186 Å². The first kappa shape index (κ1) is 22.6. The molecule has 1 atom stereocenters. The quantitative estimate of drug-likeness (QED) is 0.565. The molecule has 33 heavy (non-hydrogen) atoms. The lowest BCUT2D eigenvalue weighted by Crippen LogP contribution is -2.60. The fourth-order valence-electron chi connectivity index (χ4n) is 3.68. The first-order chi connectivity index (χ1) is 15.7. The summed E-state index contributed by atoms with van der Waals surface area (Å²) in [4.78, 5) is 23.4. The van der Waals surface area contributed by atoms with Crippen molar-refractivity contribution in [1.29, 1.82) is 0 Å². The van der Waals surface area contributed by atoms with E-state index in [1.165, 1.54) is 30.6 Å². The van der Waals surface area contributed by atoms with Crippen LogP contribution in [-0.2, 0) is 6.54 Å². The molecule has 1 amide bonds. The molecule has 12 heteroatoms. The van der Waals surface area contributed by atoms with Crippen LogP contribution in [-0.4, -0.2) is 67.7 Å². The molecule has 0 aliphatic carbocycles. The zero-order valence-corrected chi connectivity index (χ0v) is 17.6. The van der Waals surface area contributed by atoms with Gasteiger partial charge in [0, 0.05) is 44.1 Å². The molecule has 174 valence electrons. The second-order valence-electron chi connectivity index (χ2n) is 7.73. The van der Waals surface area contributed by atoms with Crippen LogP contribution >= 0.6 is 0 Å². The smallest absolute Gasteiger partial charge is 0.324 e. The maximum absolute atomic E-state index is 14.0. The molecule has 0 bridgehead atoms. The number of nitrogens with one attached hydrogen (secondary N) is 2. The van der Waals surface area contributed by atoms with E-state index >= 15 is 0 Å². The average molecular weight is 463 g/mol. The summed E-state index contributed by atoms with van der Waals surface area (Å²) in [5.41, 5.74) is 0.933. The number of hydrogen-bond donors (Lipinski definition) is 2. The number of amides is 1. The Kier molecular flexibility index (Phi) is 6.27. The summed E-state index contributed by atoms with van der Waals surface area (Å²) in [6, 6.07) is 4.73. The van der Waals surface area contributed by atoms with Gasteiger partial charge >= 0.3 is 6.18 Å². The lowest BCUT2D eigenvalue weighted by molar-refractivity contribution is -0.189. The fraction of sp³-hybridized carbons (Fsp3) is 0.333. The van der Waals surface area contributed by atoms with Crippen molar-refractivity contribution < 1.29 is 22.4 Å². The molecule has 1 saturated heterocycles. The third-order valence-electron chi connectivity index (χ3n) is 5.24. The molecule has 1 unspecified atom stereocenters. The Balaban J connectivity index is 1.47. The molecule has 0 spiro atoms. The monoisotopic (exact) mass is 463 g/mol. The molecule has 8 nitrogen and oxygen atoms in total. The first-order valence-electron chi connectivity index (χ1n) is 10.2. The molecule has 2 aromatic heterocycles. The van der Waals surface area contributed by atoms with Gasteiger partial charge in [0.15, 0.2) is 5.82 Å². The predicted molar refractivity (Wildman–Crippen MR) is 111 cm³/mol. The minimum atomic E-state index is -4.67. The average Bonchev–Trinajstić information content (AvgIpc) is 3.18. The molecular formula is C21H21F4N7O. The Morgan fingerprint density at radius 2 is 2.00 bits per heavy atom. The van der Waals surface area contributed by atoms with Gasteiger partial charge in [-0.15, -0.1) is 0 Å². The van der Waals surface area contributed by atoms with Gasteiger partial charge < -0.3 is 10.2 Å². The summed E-state index contributed by atoms with van der Waals surface area (Å²) < 4.78 is 55.5. The van der Waals surface area contributed by atoms with E-state index in [4.69, 9.17) is 0 Å². The molecule has 2 N–H and O–H groups in total. The number of piperazine rings is 1. The van der Waals surface area contributed by atoms with Crippen LogP contribution in [0.25, 0.3) is 0 Å². The summed E-state index contributed by atoms with van der Waals surface area (Å²) in [6.07, 6.45) is -1.72. The highest BCUT2D eigenvalue weighted by Gasteiger charge is 2.48. The number of aromatic amines is 1. The number of alkyl halides is 3. The standard InChI is InChI=1S/C21H21F4N7O/c1-13-8-18(30-29-13)28-19-10-26-9-14(27-19)11-31-6-7-32(17(12-31)21(23,24)25)20(33)15-4-2-3-5-16(15)22/h2-5,8-10,17H,6-7,11-12H2,1H3,(H2,27,28,29,30). The first-order valence-corrected chi connectivity index (χ1v) is 10.2. The van der Waals surface area contributed by atoms with Crippen molar-refractivity contribution >= 4 is 17.5 Å². The number of carbonyl (C=O) groups excluding carboxylic acids is 1. The van der Waals surface area contributed by atoms with Crippen molar-refractivity contribution in [3.8, 4) is 0 Å². The number of H-pyrrole nitrogens is 1. The van der Waals surface area contributed by atoms with E-state index in [0.29, 0.717) is 22.2 Å². The van der Waals surface area contributed by atoms with Crippen LogP contribution < -0.4 is 5.32 Å². The van der Waals surface area contributed by atoms with Gasteiger partial charge in [-0.2, -0.15) is 18.3 Å². The third-order valence-corrected chi connectivity index (χ3v) is 5.24.